The van der Waals surface area contributed by atoms with Crippen LogP contribution in [0.5, 0.6) is 5.75 Å². The number of anilines is 1. The van der Waals surface area contributed by atoms with Crippen molar-refractivity contribution in [3.8, 4) is 5.75 Å². The lowest BCUT2D eigenvalue weighted by molar-refractivity contribution is -0.138. The summed E-state index contributed by atoms with van der Waals surface area (Å²) < 4.78 is 0. The van der Waals surface area contributed by atoms with Gasteiger partial charge in [-0.3, -0.25) is 9.59 Å². The average molecular weight is 436 g/mol. The quantitative estimate of drug-likeness (QED) is 0.741. The summed E-state index contributed by atoms with van der Waals surface area (Å²) in [6.07, 6.45) is 3.69. The van der Waals surface area contributed by atoms with E-state index in [-0.39, 0.29) is 34.0 Å². The molecular formula is C22H30ClN3O4. The Kier molecular flexibility index (Phi) is 5.86. The number of β-amino-alcohol motifs (C(OH)–C–C–N with tert-alkyl or cyclic N) is 1. The van der Waals surface area contributed by atoms with E-state index in [9.17, 15) is 19.8 Å². The summed E-state index contributed by atoms with van der Waals surface area (Å²) in [6.45, 7) is 4.82. The highest BCUT2D eigenvalue weighted by Gasteiger charge is 2.51. The van der Waals surface area contributed by atoms with Crippen molar-refractivity contribution in [3.63, 3.8) is 0 Å². The third-order valence-corrected chi connectivity index (χ3v) is 7.37. The van der Waals surface area contributed by atoms with Gasteiger partial charge in [-0.25, -0.2) is 0 Å². The minimum atomic E-state index is -0.391. The second kappa shape index (κ2) is 8.27. The summed E-state index contributed by atoms with van der Waals surface area (Å²) in [6, 6.07) is 4.67. The predicted molar refractivity (Wildman–Crippen MR) is 115 cm³/mol. The number of aliphatic hydroxyl groups excluding tert-OH is 1. The van der Waals surface area contributed by atoms with Crippen LogP contribution in [0.25, 0.3) is 0 Å². The summed E-state index contributed by atoms with van der Waals surface area (Å²) in [5, 5.41) is 20.4. The molecule has 1 aromatic rings. The Morgan fingerprint density at radius 2 is 2.00 bits per heavy atom. The van der Waals surface area contributed by atoms with Crippen molar-refractivity contribution in [2.75, 3.05) is 37.6 Å². The van der Waals surface area contributed by atoms with E-state index in [1.165, 1.54) is 0 Å². The van der Waals surface area contributed by atoms with Crippen molar-refractivity contribution in [1.82, 2.24) is 9.80 Å². The molecule has 7 nitrogen and oxygen atoms in total. The van der Waals surface area contributed by atoms with Crippen LogP contribution in [0.4, 0.5) is 5.69 Å². The molecule has 0 radical (unpaired) electrons. The van der Waals surface area contributed by atoms with Crippen LogP contribution >= 0.6 is 11.6 Å². The zero-order valence-corrected chi connectivity index (χ0v) is 18.1. The number of nitrogens with zero attached hydrogens (tertiary/aromatic N) is 3. The van der Waals surface area contributed by atoms with Crippen LogP contribution in [-0.4, -0.2) is 76.7 Å². The van der Waals surface area contributed by atoms with Crippen molar-refractivity contribution >= 4 is 29.1 Å². The van der Waals surface area contributed by atoms with Crippen molar-refractivity contribution in [3.05, 3.63) is 23.2 Å². The van der Waals surface area contributed by atoms with E-state index in [0.29, 0.717) is 39.0 Å². The number of aromatic hydroxyl groups is 1. The van der Waals surface area contributed by atoms with Crippen LogP contribution in [-0.2, 0) is 9.59 Å². The first-order chi connectivity index (χ1) is 14.3. The molecule has 2 heterocycles. The Bertz CT molecular complexity index is 829. The number of rotatable bonds is 5. The molecule has 0 bridgehead atoms. The molecule has 2 aliphatic heterocycles. The lowest BCUT2D eigenvalue weighted by Crippen LogP contribution is -2.56. The normalized spacial score (nSPS) is 25.7. The molecule has 2 N–H and O–H groups in total. The lowest BCUT2D eigenvalue weighted by atomic mass is 9.90. The highest BCUT2D eigenvalue weighted by atomic mass is 35.5. The van der Waals surface area contributed by atoms with Crippen LogP contribution in [0.3, 0.4) is 0 Å². The van der Waals surface area contributed by atoms with Gasteiger partial charge in [-0.2, -0.15) is 0 Å². The van der Waals surface area contributed by atoms with Gasteiger partial charge in [0.1, 0.15) is 11.8 Å². The molecule has 4 rings (SSSR count). The third-order valence-electron chi connectivity index (χ3n) is 7.05. The minimum Gasteiger partial charge on any atom is -0.506 e. The van der Waals surface area contributed by atoms with Gasteiger partial charge in [0.2, 0.25) is 11.8 Å². The van der Waals surface area contributed by atoms with E-state index in [4.69, 9.17) is 11.6 Å². The SMILES string of the molecule is C[C@H]1C(=O)N(CCCC(=O)N2CCC3(CC3)[C@H](O)C2)CCN1c1ccc(Cl)c(O)c1. The number of piperidine rings is 1. The Labute approximate surface area is 182 Å². The van der Waals surface area contributed by atoms with Crippen LogP contribution in [0.2, 0.25) is 5.02 Å². The average Bonchev–Trinajstić information content (AvgIpc) is 3.50. The number of hydrogen-bond acceptors (Lipinski definition) is 5. The van der Waals surface area contributed by atoms with Gasteiger partial charge in [0.25, 0.3) is 0 Å². The molecule has 2 saturated heterocycles. The molecular weight excluding hydrogens is 406 g/mol. The predicted octanol–water partition coefficient (Wildman–Crippen LogP) is 2.24. The molecule has 1 saturated carbocycles. The van der Waals surface area contributed by atoms with Crippen molar-refractivity contribution < 1.29 is 19.8 Å². The number of likely N-dealkylation sites (tertiary alicyclic amines) is 1. The summed E-state index contributed by atoms with van der Waals surface area (Å²) in [7, 11) is 0. The Balaban J connectivity index is 1.25. The number of halogens is 1. The fraction of sp³-hybridized carbons (Fsp3) is 0.636. The number of amides is 2. The summed E-state index contributed by atoms with van der Waals surface area (Å²) in [4.78, 5) is 30.9. The standard InChI is InChI=1S/C22H30ClN3O4/c1-15-21(30)24(11-12-26(15)16-4-5-17(23)18(27)13-16)9-2-3-20(29)25-10-8-22(6-7-22)19(28)14-25/h4-5,13,15,19,27-28H,2-3,6-12,14H2,1H3/t15-,19+/m0/s1. The maximum Gasteiger partial charge on any atom is 0.245 e. The van der Waals surface area contributed by atoms with Crippen molar-refractivity contribution in [2.24, 2.45) is 5.41 Å². The molecule has 1 spiro atoms. The number of benzene rings is 1. The van der Waals surface area contributed by atoms with Gasteiger partial charge < -0.3 is 24.9 Å². The second-order valence-corrected chi connectivity index (χ2v) is 9.31. The Morgan fingerprint density at radius 1 is 1.23 bits per heavy atom. The van der Waals surface area contributed by atoms with Crippen LogP contribution in [0, 0.1) is 5.41 Å². The van der Waals surface area contributed by atoms with E-state index in [1.807, 2.05) is 16.7 Å². The molecule has 0 unspecified atom stereocenters. The molecule has 2 atom stereocenters. The monoisotopic (exact) mass is 435 g/mol. The number of phenols is 1. The van der Waals surface area contributed by atoms with Gasteiger partial charge in [0, 0.05) is 50.9 Å². The lowest BCUT2D eigenvalue weighted by Gasteiger charge is -2.40. The topological polar surface area (TPSA) is 84.3 Å². The largest absolute Gasteiger partial charge is 0.506 e. The maximum absolute atomic E-state index is 12.8. The van der Waals surface area contributed by atoms with Crippen molar-refractivity contribution in [1.29, 1.82) is 0 Å². The molecule has 3 fully saturated rings. The van der Waals surface area contributed by atoms with Crippen LogP contribution in [0.15, 0.2) is 18.2 Å². The highest BCUT2D eigenvalue weighted by molar-refractivity contribution is 6.32. The summed E-state index contributed by atoms with van der Waals surface area (Å²) in [5.41, 5.74) is 0.865. The molecule has 3 aliphatic rings. The summed E-state index contributed by atoms with van der Waals surface area (Å²) in [5.74, 6) is 0.0951. The fourth-order valence-electron chi connectivity index (χ4n) is 4.75. The molecule has 30 heavy (non-hydrogen) atoms. The van der Waals surface area contributed by atoms with Gasteiger partial charge >= 0.3 is 0 Å². The first-order valence-electron chi connectivity index (χ1n) is 10.8. The fourth-order valence-corrected chi connectivity index (χ4v) is 4.87. The van der Waals surface area contributed by atoms with E-state index in [0.717, 1.165) is 31.5 Å². The molecule has 164 valence electrons. The van der Waals surface area contributed by atoms with Gasteiger partial charge in [-0.05, 0) is 50.2 Å². The number of phenolic OH excluding ortho intramolecular Hbond substituents is 1. The van der Waals surface area contributed by atoms with E-state index in [2.05, 4.69) is 0 Å². The highest BCUT2D eigenvalue weighted by Crippen LogP contribution is 2.53. The Morgan fingerprint density at radius 3 is 2.67 bits per heavy atom. The van der Waals surface area contributed by atoms with Gasteiger partial charge in [-0.15, -0.1) is 0 Å². The van der Waals surface area contributed by atoms with Gasteiger partial charge in [0.15, 0.2) is 0 Å². The van der Waals surface area contributed by atoms with Crippen LogP contribution in [0.1, 0.15) is 39.0 Å². The zero-order valence-electron chi connectivity index (χ0n) is 17.4. The van der Waals surface area contributed by atoms with Gasteiger partial charge in [-0.1, -0.05) is 11.6 Å². The molecule has 2 amide bonds. The maximum atomic E-state index is 12.8. The number of carbonyl (C=O) groups is 2. The summed E-state index contributed by atoms with van der Waals surface area (Å²) >= 11 is 5.88. The number of carbonyl (C=O) groups excluding carboxylic acids is 2. The minimum absolute atomic E-state index is 0.00481. The third kappa shape index (κ3) is 4.10. The number of piperazine rings is 1. The van der Waals surface area contributed by atoms with Crippen molar-refractivity contribution in [2.45, 2.75) is 51.2 Å². The number of hydrogen-bond donors (Lipinski definition) is 2. The van der Waals surface area contributed by atoms with E-state index >= 15 is 0 Å². The van der Waals surface area contributed by atoms with Gasteiger partial charge in [0.05, 0.1) is 11.1 Å². The first kappa shape index (κ1) is 21.2. The second-order valence-electron chi connectivity index (χ2n) is 8.90. The van der Waals surface area contributed by atoms with Crippen LogP contribution < -0.4 is 4.90 Å². The zero-order chi connectivity index (χ0) is 21.5. The number of aliphatic hydroxyl groups is 1. The first-order valence-corrected chi connectivity index (χ1v) is 11.2. The van der Waals surface area contributed by atoms with E-state index in [1.54, 1.807) is 23.1 Å². The molecule has 1 aliphatic carbocycles. The molecule has 0 aromatic heterocycles. The Hall–Kier alpha value is -1.99. The smallest absolute Gasteiger partial charge is 0.245 e. The van der Waals surface area contributed by atoms with E-state index < -0.39 is 6.10 Å². The molecule has 8 heteroatoms. The molecule has 1 aromatic carbocycles.